The molecular weight excluding hydrogens is 278 g/mol. The molecule has 3 fully saturated rings. The van der Waals surface area contributed by atoms with Gasteiger partial charge in [0.15, 0.2) is 0 Å². The number of morpholine rings is 1. The van der Waals surface area contributed by atoms with E-state index >= 15 is 0 Å². The molecule has 5 nitrogen and oxygen atoms in total. The van der Waals surface area contributed by atoms with Gasteiger partial charge in [-0.3, -0.25) is 9.69 Å². The van der Waals surface area contributed by atoms with Crippen molar-refractivity contribution in [3.63, 3.8) is 0 Å². The summed E-state index contributed by atoms with van der Waals surface area (Å²) in [5.74, 6) is 0.964. The fraction of sp³-hybridized carbons (Fsp3) is 0.941. The zero-order chi connectivity index (χ0) is 15.2. The molecule has 0 aromatic heterocycles. The quantitative estimate of drug-likeness (QED) is 0.723. The molecule has 0 aromatic rings. The predicted octanol–water partition coefficient (Wildman–Crippen LogP) is 1.14. The normalized spacial score (nSPS) is 32.6. The van der Waals surface area contributed by atoms with Crippen molar-refractivity contribution in [3.8, 4) is 0 Å². The minimum absolute atomic E-state index is 0.0624. The number of carbonyl (C=O) groups excluding carboxylic acids is 1. The zero-order valence-corrected chi connectivity index (χ0v) is 13.7. The van der Waals surface area contributed by atoms with Gasteiger partial charge in [-0.2, -0.15) is 0 Å². The summed E-state index contributed by atoms with van der Waals surface area (Å²) in [5.41, 5.74) is 0. The molecule has 126 valence electrons. The number of rotatable bonds is 6. The second-order valence-corrected chi connectivity index (χ2v) is 7.06. The van der Waals surface area contributed by atoms with Crippen molar-refractivity contribution in [2.75, 3.05) is 39.4 Å². The monoisotopic (exact) mass is 309 g/mol. The van der Waals surface area contributed by atoms with E-state index in [0.717, 1.165) is 64.6 Å². The van der Waals surface area contributed by atoms with Crippen LogP contribution in [0.15, 0.2) is 0 Å². The topological polar surface area (TPSA) is 53.6 Å². The summed E-state index contributed by atoms with van der Waals surface area (Å²) >= 11 is 0. The molecule has 3 atom stereocenters. The van der Waals surface area contributed by atoms with Crippen LogP contribution < -0.4 is 10.6 Å². The number of hydrogen-bond donors (Lipinski definition) is 2. The Labute approximate surface area is 134 Å². The Balaban J connectivity index is 1.26. The Hall–Kier alpha value is -0.650. The molecule has 3 aliphatic rings. The molecule has 5 heteroatoms. The highest BCUT2D eigenvalue weighted by Gasteiger charge is 2.37. The van der Waals surface area contributed by atoms with Crippen molar-refractivity contribution >= 4 is 5.91 Å². The van der Waals surface area contributed by atoms with Crippen LogP contribution in [0.5, 0.6) is 0 Å². The minimum Gasteiger partial charge on any atom is -0.379 e. The van der Waals surface area contributed by atoms with Gasteiger partial charge >= 0.3 is 0 Å². The maximum absolute atomic E-state index is 12.3. The van der Waals surface area contributed by atoms with Crippen molar-refractivity contribution in [3.05, 3.63) is 0 Å². The summed E-state index contributed by atoms with van der Waals surface area (Å²) in [6.07, 6.45) is 8.51. The van der Waals surface area contributed by atoms with Crippen molar-refractivity contribution in [1.82, 2.24) is 15.5 Å². The van der Waals surface area contributed by atoms with E-state index in [2.05, 4.69) is 15.5 Å². The van der Waals surface area contributed by atoms with Gasteiger partial charge in [-0.15, -0.1) is 0 Å². The summed E-state index contributed by atoms with van der Waals surface area (Å²) in [6, 6.07) is 0.665. The maximum atomic E-state index is 12.3. The van der Waals surface area contributed by atoms with E-state index in [0.29, 0.717) is 6.04 Å². The second-order valence-electron chi connectivity index (χ2n) is 7.06. The van der Waals surface area contributed by atoms with Gasteiger partial charge in [0.25, 0.3) is 0 Å². The summed E-state index contributed by atoms with van der Waals surface area (Å²) in [6.45, 7) is 5.79. The fourth-order valence-corrected chi connectivity index (χ4v) is 4.14. The molecule has 2 saturated heterocycles. The highest BCUT2D eigenvalue weighted by molar-refractivity contribution is 5.82. The standard InChI is InChI=1S/C17H31N3O2/c21-17(16-13-14-5-1-2-6-15(14)19-16)18-7-3-4-8-20-9-11-22-12-10-20/h14-16,19H,1-13H2,(H,18,21). The van der Waals surface area contributed by atoms with E-state index in [-0.39, 0.29) is 11.9 Å². The van der Waals surface area contributed by atoms with Crippen LogP contribution in [0, 0.1) is 5.92 Å². The van der Waals surface area contributed by atoms with Crippen LogP contribution in [0.1, 0.15) is 44.9 Å². The fourth-order valence-electron chi connectivity index (χ4n) is 4.14. The lowest BCUT2D eigenvalue weighted by molar-refractivity contribution is -0.122. The average molecular weight is 309 g/mol. The summed E-state index contributed by atoms with van der Waals surface area (Å²) < 4.78 is 5.35. The van der Waals surface area contributed by atoms with Crippen LogP contribution in [0.4, 0.5) is 0 Å². The third-order valence-corrected chi connectivity index (χ3v) is 5.48. The molecule has 0 radical (unpaired) electrons. The largest absolute Gasteiger partial charge is 0.379 e. The number of nitrogens with zero attached hydrogens (tertiary/aromatic N) is 1. The van der Waals surface area contributed by atoms with Crippen LogP contribution in [-0.4, -0.2) is 62.3 Å². The highest BCUT2D eigenvalue weighted by atomic mass is 16.5. The van der Waals surface area contributed by atoms with E-state index in [9.17, 15) is 4.79 Å². The number of amides is 1. The number of nitrogens with one attached hydrogen (secondary N) is 2. The van der Waals surface area contributed by atoms with Gasteiger partial charge in [0.1, 0.15) is 0 Å². The van der Waals surface area contributed by atoms with Crippen molar-refractivity contribution < 1.29 is 9.53 Å². The van der Waals surface area contributed by atoms with Crippen molar-refractivity contribution in [2.24, 2.45) is 5.92 Å². The Morgan fingerprint density at radius 2 is 2.00 bits per heavy atom. The average Bonchev–Trinajstić information content (AvgIpc) is 2.99. The van der Waals surface area contributed by atoms with Gasteiger partial charge in [-0.05, 0) is 44.6 Å². The van der Waals surface area contributed by atoms with Crippen molar-refractivity contribution in [1.29, 1.82) is 0 Å². The molecule has 0 bridgehead atoms. The van der Waals surface area contributed by atoms with Gasteiger partial charge in [0.05, 0.1) is 19.3 Å². The minimum atomic E-state index is 0.0624. The first kappa shape index (κ1) is 16.2. The van der Waals surface area contributed by atoms with Gasteiger partial charge in [-0.1, -0.05) is 12.8 Å². The number of unbranched alkanes of at least 4 members (excludes halogenated alkanes) is 1. The Morgan fingerprint density at radius 1 is 1.18 bits per heavy atom. The first-order chi connectivity index (χ1) is 10.8. The lowest BCUT2D eigenvalue weighted by Crippen LogP contribution is -2.43. The lowest BCUT2D eigenvalue weighted by atomic mass is 9.85. The summed E-state index contributed by atoms with van der Waals surface area (Å²) in [7, 11) is 0. The van der Waals surface area contributed by atoms with Gasteiger partial charge in [-0.25, -0.2) is 0 Å². The predicted molar refractivity (Wildman–Crippen MR) is 86.8 cm³/mol. The number of ether oxygens (including phenoxy) is 1. The molecule has 0 aromatic carbocycles. The number of fused-ring (bicyclic) bond motifs is 1. The smallest absolute Gasteiger partial charge is 0.237 e. The van der Waals surface area contributed by atoms with Crippen LogP contribution >= 0.6 is 0 Å². The molecule has 22 heavy (non-hydrogen) atoms. The van der Waals surface area contributed by atoms with E-state index in [1.807, 2.05) is 0 Å². The summed E-state index contributed by atoms with van der Waals surface area (Å²) in [4.78, 5) is 14.7. The molecule has 1 saturated carbocycles. The van der Waals surface area contributed by atoms with Gasteiger partial charge in [0.2, 0.25) is 5.91 Å². The third kappa shape index (κ3) is 4.43. The van der Waals surface area contributed by atoms with Crippen LogP contribution in [0.25, 0.3) is 0 Å². The number of carbonyl (C=O) groups is 1. The Morgan fingerprint density at radius 3 is 2.82 bits per heavy atom. The lowest BCUT2D eigenvalue weighted by Gasteiger charge is -2.26. The van der Waals surface area contributed by atoms with Crippen LogP contribution in [-0.2, 0) is 9.53 Å². The molecular formula is C17H31N3O2. The number of hydrogen-bond acceptors (Lipinski definition) is 4. The summed E-state index contributed by atoms with van der Waals surface area (Å²) in [5, 5.41) is 6.68. The first-order valence-corrected chi connectivity index (χ1v) is 9.17. The highest BCUT2D eigenvalue weighted by Crippen LogP contribution is 2.33. The van der Waals surface area contributed by atoms with Gasteiger partial charge in [0, 0.05) is 25.7 Å². The maximum Gasteiger partial charge on any atom is 0.237 e. The van der Waals surface area contributed by atoms with E-state index in [4.69, 9.17) is 4.74 Å². The zero-order valence-electron chi connectivity index (χ0n) is 13.7. The molecule has 2 heterocycles. The SMILES string of the molecule is O=C(NCCCCN1CCOCC1)C1CC2CCCCC2N1. The van der Waals surface area contributed by atoms with E-state index in [1.54, 1.807) is 0 Å². The Kier molecular flexibility index (Phi) is 6.10. The van der Waals surface area contributed by atoms with Crippen LogP contribution in [0.2, 0.25) is 0 Å². The van der Waals surface area contributed by atoms with E-state index < -0.39 is 0 Å². The van der Waals surface area contributed by atoms with Crippen molar-refractivity contribution in [2.45, 2.75) is 57.0 Å². The van der Waals surface area contributed by atoms with Crippen LogP contribution in [0.3, 0.4) is 0 Å². The Bertz CT molecular complexity index is 344. The first-order valence-electron chi connectivity index (χ1n) is 9.17. The molecule has 3 unspecified atom stereocenters. The third-order valence-electron chi connectivity index (χ3n) is 5.48. The molecule has 3 rings (SSSR count). The molecule has 0 spiro atoms. The van der Waals surface area contributed by atoms with Gasteiger partial charge < -0.3 is 15.4 Å². The molecule has 1 amide bonds. The molecule has 1 aliphatic carbocycles. The second kappa shape index (κ2) is 8.27. The molecule has 2 N–H and O–H groups in total. The van der Waals surface area contributed by atoms with E-state index in [1.165, 1.54) is 25.7 Å². The molecule has 2 aliphatic heterocycles.